The van der Waals surface area contributed by atoms with Crippen LogP contribution in [0.2, 0.25) is 0 Å². The number of amides is 6. The van der Waals surface area contributed by atoms with Crippen molar-refractivity contribution in [3.63, 3.8) is 0 Å². The highest BCUT2D eigenvalue weighted by atomic mass is 19.1. The van der Waals surface area contributed by atoms with Crippen LogP contribution in [-0.2, 0) is 44.7 Å². The van der Waals surface area contributed by atoms with E-state index in [9.17, 15) is 42.3 Å². The Balaban J connectivity index is 1.45. The van der Waals surface area contributed by atoms with Gasteiger partial charge in [0.1, 0.15) is 54.5 Å². The van der Waals surface area contributed by atoms with Crippen molar-refractivity contribution in [2.75, 3.05) is 26.7 Å². The summed E-state index contributed by atoms with van der Waals surface area (Å²) < 4.78 is 33.8. The predicted octanol–water partition coefficient (Wildman–Crippen LogP) is 0.478. The molecule has 51 heavy (non-hydrogen) atoms. The lowest BCUT2D eigenvalue weighted by atomic mass is 9.92. The van der Waals surface area contributed by atoms with Crippen molar-refractivity contribution in [2.24, 2.45) is 0 Å². The third-order valence-corrected chi connectivity index (χ3v) is 10.00. The number of fused-ring (bicyclic) bond motifs is 2. The van der Waals surface area contributed by atoms with Crippen LogP contribution in [0, 0.1) is 11.6 Å². The number of benzene rings is 1. The molecule has 1 aliphatic carbocycles. The van der Waals surface area contributed by atoms with E-state index in [0.29, 0.717) is 18.9 Å². The van der Waals surface area contributed by atoms with E-state index >= 15 is 0 Å². The van der Waals surface area contributed by atoms with Crippen LogP contribution in [0.4, 0.5) is 8.78 Å². The van der Waals surface area contributed by atoms with Gasteiger partial charge >= 0.3 is 5.97 Å². The van der Waals surface area contributed by atoms with Gasteiger partial charge in [-0.2, -0.15) is 0 Å². The number of likely N-dealkylation sites (N-methyl/N-ethyl adjacent to an activating group) is 1. The van der Waals surface area contributed by atoms with E-state index in [0.717, 1.165) is 37.0 Å². The molecule has 6 atom stereocenters. The van der Waals surface area contributed by atoms with Crippen LogP contribution in [0.3, 0.4) is 0 Å². The Bertz CT molecular complexity index is 1590. The van der Waals surface area contributed by atoms with Crippen molar-refractivity contribution >= 4 is 41.4 Å². The smallest absolute Gasteiger partial charge is 0.328 e. The molecule has 3 heterocycles. The Morgan fingerprint density at radius 2 is 1.55 bits per heavy atom. The highest BCUT2D eigenvalue weighted by Crippen LogP contribution is 2.25. The van der Waals surface area contributed by atoms with Gasteiger partial charge in [0, 0.05) is 38.7 Å². The van der Waals surface area contributed by atoms with Crippen LogP contribution in [0.15, 0.2) is 29.8 Å². The molecule has 6 amide bonds. The van der Waals surface area contributed by atoms with Gasteiger partial charge < -0.3 is 35.4 Å². The number of ether oxygens (including phenoxy) is 1. The van der Waals surface area contributed by atoms with E-state index in [1.807, 2.05) is 0 Å². The van der Waals surface area contributed by atoms with Crippen molar-refractivity contribution in [1.29, 1.82) is 0 Å². The minimum Gasteiger partial charge on any atom is -0.461 e. The summed E-state index contributed by atoms with van der Waals surface area (Å²) in [6.45, 7) is 2.66. The standard InChI is InChI=1S/C35H44F2N6O8/c1-19-32(47)43-12-6-10-28(43)35(50)51-18-26(33(48)42-11-5-9-27(42)34(49)41(3)20(2)30(45)38-19)40-31(46)25(39-29(44)16-21-7-4-8-21)15-22-13-23(36)17-24(37)14-22/h13-14,16-17,19-20,25-28H,4-12,15,18H2,1-3H3,(H,38,45)(H,39,44)(H,40,46)/t19-,20-,25-,26-,27-,28-/m0/s1. The molecule has 0 spiro atoms. The highest BCUT2D eigenvalue weighted by molar-refractivity contribution is 5.98. The molecule has 4 aliphatic rings. The molecule has 1 aromatic carbocycles. The summed E-state index contributed by atoms with van der Waals surface area (Å²) in [4.78, 5) is 98.3. The molecule has 14 nitrogen and oxygen atoms in total. The van der Waals surface area contributed by atoms with Crippen molar-refractivity contribution in [3.05, 3.63) is 47.0 Å². The average Bonchev–Trinajstić information content (AvgIpc) is 3.76. The Kier molecular flexibility index (Phi) is 11.7. The summed E-state index contributed by atoms with van der Waals surface area (Å²) in [5, 5.41) is 7.75. The first-order valence-electron chi connectivity index (χ1n) is 17.3. The molecule has 0 bridgehead atoms. The number of cyclic esters (lactones) is 1. The van der Waals surface area contributed by atoms with Crippen LogP contribution < -0.4 is 16.0 Å². The van der Waals surface area contributed by atoms with Crippen molar-refractivity contribution < 1.29 is 47.1 Å². The summed E-state index contributed by atoms with van der Waals surface area (Å²) in [7, 11) is 1.42. The molecule has 5 rings (SSSR count). The number of nitrogens with one attached hydrogen (secondary N) is 3. The van der Waals surface area contributed by atoms with Gasteiger partial charge in [-0.1, -0.05) is 5.57 Å². The topological polar surface area (TPSA) is 175 Å². The zero-order chi connectivity index (χ0) is 37.0. The maximum atomic E-state index is 14.2. The zero-order valence-electron chi connectivity index (χ0n) is 28.9. The third-order valence-electron chi connectivity index (χ3n) is 10.00. The lowest BCUT2D eigenvalue weighted by molar-refractivity contribution is -0.158. The van der Waals surface area contributed by atoms with Gasteiger partial charge in [0.15, 0.2) is 0 Å². The molecule has 1 aromatic rings. The van der Waals surface area contributed by atoms with Crippen molar-refractivity contribution in [1.82, 2.24) is 30.7 Å². The van der Waals surface area contributed by atoms with Gasteiger partial charge in [0.2, 0.25) is 35.4 Å². The SMILES string of the molecule is C[C@@H]1NC(=O)[C@H](C)N(C)C(=O)[C@@H]2CCCN2C(=O)[C@@H](NC(=O)[C@H](Cc2cc(F)cc(F)c2)NC(=O)C=C2CCC2)COC(=O)[C@@H]2CCCN2C1=O. The Labute approximate surface area is 294 Å². The van der Waals surface area contributed by atoms with E-state index in [1.165, 1.54) is 41.7 Å². The van der Waals surface area contributed by atoms with Crippen LogP contribution in [0.25, 0.3) is 0 Å². The monoisotopic (exact) mass is 714 g/mol. The van der Waals surface area contributed by atoms with E-state index in [2.05, 4.69) is 16.0 Å². The number of allylic oxidation sites excluding steroid dienone is 1. The summed E-state index contributed by atoms with van der Waals surface area (Å²) in [5.41, 5.74) is 0.935. The minimum absolute atomic E-state index is 0.0617. The van der Waals surface area contributed by atoms with E-state index in [1.54, 1.807) is 0 Å². The number of hydrogen-bond acceptors (Lipinski definition) is 8. The summed E-state index contributed by atoms with van der Waals surface area (Å²) in [6.07, 6.45) is 4.82. The second kappa shape index (κ2) is 16.0. The zero-order valence-corrected chi connectivity index (χ0v) is 28.9. The minimum atomic E-state index is -1.55. The van der Waals surface area contributed by atoms with Crippen molar-refractivity contribution in [2.45, 2.75) is 101 Å². The van der Waals surface area contributed by atoms with Gasteiger partial charge in [0.25, 0.3) is 0 Å². The van der Waals surface area contributed by atoms with E-state index in [-0.39, 0.29) is 37.9 Å². The third kappa shape index (κ3) is 8.71. The van der Waals surface area contributed by atoms with Crippen LogP contribution in [0.5, 0.6) is 0 Å². The average molecular weight is 715 g/mol. The Morgan fingerprint density at radius 3 is 2.18 bits per heavy atom. The number of nitrogens with zero attached hydrogens (tertiary/aromatic N) is 3. The molecule has 0 unspecified atom stereocenters. The molecule has 276 valence electrons. The number of rotatable bonds is 6. The molecule has 16 heteroatoms. The quantitative estimate of drug-likeness (QED) is 0.282. The second-order valence-corrected chi connectivity index (χ2v) is 13.6. The molecule has 1 saturated carbocycles. The van der Waals surface area contributed by atoms with Gasteiger partial charge in [-0.15, -0.1) is 0 Å². The summed E-state index contributed by atoms with van der Waals surface area (Å²) >= 11 is 0. The molecule has 4 fully saturated rings. The maximum absolute atomic E-state index is 14.2. The number of esters is 1. The summed E-state index contributed by atoms with van der Waals surface area (Å²) in [5.74, 6) is -6.53. The number of halogens is 2. The van der Waals surface area contributed by atoms with Gasteiger partial charge in [-0.05, 0) is 76.5 Å². The van der Waals surface area contributed by atoms with Crippen LogP contribution >= 0.6 is 0 Å². The molecule has 0 aromatic heterocycles. The second-order valence-electron chi connectivity index (χ2n) is 13.6. The summed E-state index contributed by atoms with van der Waals surface area (Å²) in [6, 6.07) is -4.30. The van der Waals surface area contributed by atoms with Crippen LogP contribution in [0.1, 0.15) is 64.4 Å². The van der Waals surface area contributed by atoms with E-state index in [4.69, 9.17) is 4.74 Å². The Morgan fingerprint density at radius 1 is 0.922 bits per heavy atom. The molecule has 3 saturated heterocycles. The van der Waals surface area contributed by atoms with Crippen molar-refractivity contribution in [3.8, 4) is 0 Å². The fraction of sp³-hybridized carbons (Fsp3) is 0.571. The molecule has 3 aliphatic heterocycles. The lowest BCUT2D eigenvalue weighted by Gasteiger charge is -2.34. The highest BCUT2D eigenvalue weighted by Gasteiger charge is 2.43. The fourth-order valence-corrected chi connectivity index (χ4v) is 6.82. The first-order valence-corrected chi connectivity index (χ1v) is 17.3. The Hall–Kier alpha value is -4.89. The van der Waals surface area contributed by atoms with Gasteiger partial charge in [0.05, 0.1) is 0 Å². The lowest BCUT2D eigenvalue weighted by Crippen LogP contribution is -2.60. The van der Waals surface area contributed by atoms with E-state index < -0.39 is 95.9 Å². The predicted molar refractivity (Wildman–Crippen MR) is 176 cm³/mol. The maximum Gasteiger partial charge on any atom is 0.328 e. The molecular formula is C35H44F2N6O8. The molecular weight excluding hydrogens is 670 g/mol. The molecule has 3 N–H and O–H groups in total. The molecule has 0 radical (unpaired) electrons. The van der Waals surface area contributed by atoms with Gasteiger partial charge in [-0.3, -0.25) is 28.8 Å². The largest absolute Gasteiger partial charge is 0.461 e. The van der Waals surface area contributed by atoms with Gasteiger partial charge in [-0.25, -0.2) is 13.6 Å². The number of carbonyl (C=O) groups is 7. The normalized spacial score (nSPS) is 26.8. The fourth-order valence-electron chi connectivity index (χ4n) is 6.82. The number of hydrogen-bond donors (Lipinski definition) is 3. The number of carbonyl (C=O) groups excluding carboxylic acids is 7. The van der Waals surface area contributed by atoms with Crippen LogP contribution in [-0.4, -0.2) is 119 Å². The first-order chi connectivity index (χ1) is 24.2. The first kappa shape index (κ1) is 37.4.